The second-order valence-electron chi connectivity index (χ2n) is 6.55. The summed E-state index contributed by atoms with van der Waals surface area (Å²) in [6, 6.07) is 0. The Bertz CT molecular complexity index is 251. The predicted molar refractivity (Wildman–Crippen MR) is 69.6 cm³/mol. The molecule has 0 aromatic heterocycles. The molecule has 0 spiro atoms. The smallest absolute Gasteiger partial charge is 0.0626 e. The maximum Gasteiger partial charge on any atom is 0.0626 e. The zero-order chi connectivity index (χ0) is 12.6. The van der Waals surface area contributed by atoms with E-state index in [0.29, 0.717) is 23.7 Å². The number of rotatable bonds is 2. The summed E-state index contributed by atoms with van der Waals surface area (Å²) in [5.41, 5.74) is 0. The van der Waals surface area contributed by atoms with Gasteiger partial charge in [-0.1, -0.05) is 27.2 Å². The van der Waals surface area contributed by atoms with Crippen molar-refractivity contribution in [2.45, 2.75) is 65.1 Å². The number of aliphatic hydroxyl groups excluding tert-OH is 2. The largest absolute Gasteiger partial charge is 0.392 e. The number of hydrogen-bond donors (Lipinski definition) is 2. The average molecular weight is 240 g/mol. The van der Waals surface area contributed by atoms with Crippen LogP contribution in [-0.2, 0) is 0 Å². The highest BCUT2D eigenvalue weighted by atomic mass is 16.3. The molecule has 2 nitrogen and oxygen atoms in total. The first kappa shape index (κ1) is 13.4. The highest BCUT2D eigenvalue weighted by Gasteiger charge is 2.47. The first-order chi connectivity index (χ1) is 8.06. The summed E-state index contributed by atoms with van der Waals surface area (Å²) < 4.78 is 0. The lowest BCUT2D eigenvalue weighted by molar-refractivity contribution is -0.123. The van der Waals surface area contributed by atoms with Gasteiger partial charge in [0.05, 0.1) is 12.2 Å². The zero-order valence-corrected chi connectivity index (χ0v) is 11.5. The third-order valence-electron chi connectivity index (χ3n) is 5.41. The lowest BCUT2D eigenvalue weighted by atomic mass is 9.60. The molecule has 2 N–H and O–H groups in total. The van der Waals surface area contributed by atoms with Crippen molar-refractivity contribution in [3.63, 3.8) is 0 Å². The van der Waals surface area contributed by atoms with Crippen LogP contribution in [-0.4, -0.2) is 22.4 Å². The van der Waals surface area contributed by atoms with Gasteiger partial charge in [-0.05, 0) is 49.4 Å². The lowest BCUT2D eigenvalue weighted by Gasteiger charge is -2.49. The van der Waals surface area contributed by atoms with Gasteiger partial charge in [-0.2, -0.15) is 0 Å². The molecule has 0 aliphatic heterocycles. The van der Waals surface area contributed by atoms with Gasteiger partial charge in [-0.25, -0.2) is 0 Å². The van der Waals surface area contributed by atoms with Gasteiger partial charge in [0.1, 0.15) is 0 Å². The second kappa shape index (κ2) is 5.27. The Balaban J connectivity index is 2.12. The van der Waals surface area contributed by atoms with Gasteiger partial charge >= 0.3 is 0 Å². The van der Waals surface area contributed by atoms with E-state index in [9.17, 15) is 10.2 Å². The molecule has 17 heavy (non-hydrogen) atoms. The average Bonchev–Trinajstić information content (AvgIpc) is 2.29. The van der Waals surface area contributed by atoms with Gasteiger partial charge in [0.25, 0.3) is 0 Å². The molecule has 2 fully saturated rings. The molecular weight excluding hydrogens is 212 g/mol. The molecule has 2 saturated carbocycles. The van der Waals surface area contributed by atoms with Crippen molar-refractivity contribution in [2.24, 2.45) is 29.6 Å². The molecule has 6 atom stereocenters. The minimum atomic E-state index is -0.280. The standard InChI is InChI=1S/C15H28O2/c1-4-10-5-6-11-7-8-12(9(2)3)15(17)13(11)14(10)16/h9-17H,4-8H2,1-3H3/t10-,11?,12+,13?,14?,15?/m0/s1. The Labute approximate surface area is 105 Å². The molecular formula is C15H28O2. The van der Waals surface area contributed by atoms with Crippen LogP contribution in [0.5, 0.6) is 0 Å². The Morgan fingerprint density at radius 1 is 1.00 bits per heavy atom. The molecule has 100 valence electrons. The summed E-state index contributed by atoms with van der Waals surface area (Å²) in [7, 11) is 0. The normalized spacial score (nSPS) is 46.9. The van der Waals surface area contributed by atoms with Crippen LogP contribution in [0.15, 0.2) is 0 Å². The molecule has 2 aliphatic carbocycles. The summed E-state index contributed by atoms with van der Waals surface area (Å²) in [4.78, 5) is 0. The quantitative estimate of drug-likeness (QED) is 0.779. The highest BCUT2D eigenvalue weighted by molar-refractivity contribution is 4.96. The first-order valence-electron chi connectivity index (χ1n) is 7.42. The van der Waals surface area contributed by atoms with Gasteiger partial charge in [-0.3, -0.25) is 0 Å². The minimum Gasteiger partial charge on any atom is -0.392 e. The van der Waals surface area contributed by atoms with Crippen LogP contribution < -0.4 is 0 Å². The van der Waals surface area contributed by atoms with Crippen LogP contribution in [0.4, 0.5) is 0 Å². The van der Waals surface area contributed by atoms with Crippen LogP contribution >= 0.6 is 0 Å². The van der Waals surface area contributed by atoms with E-state index in [1.807, 2.05) is 0 Å². The van der Waals surface area contributed by atoms with E-state index in [2.05, 4.69) is 20.8 Å². The number of hydrogen-bond acceptors (Lipinski definition) is 2. The van der Waals surface area contributed by atoms with E-state index >= 15 is 0 Å². The van der Waals surface area contributed by atoms with E-state index in [0.717, 1.165) is 19.3 Å². The maximum atomic E-state index is 10.6. The molecule has 2 rings (SSSR count). The third-order valence-corrected chi connectivity index (χ3v) is 5.41. The SMILES string of the molecule is CC[C@H]1CCC2CC[C@H](C(C)C)C(O)C2C1O. The zero-order valence-electron chi connectivity index (χ0n) is 11.5. The van der Waals surface area contributed by atoms with Gasteiger partial charge in [0, 0.05) is 5.92 Å². The summed E-state index contributed by atoms with van der Waals surface area (Å²) in [6.07, 6.45) is 5.21. The van der Waals surface area contributed by atoms with E-state index in [1.54, 1.807) is 0 Å². The van der Waals surface area contributed by atoms with Crippen LogP contribution in [0.2, 0.25) is 0 Å². The predicted octanol–water partition coefficient (Wildman–Crippen LogP) is 2.83. The van der Waals surface area contributed by atoms with E-state index in [1.165, 1.54) is 12.8 Å². The fourth-order valence-corrected chi connectivity index (χ4v) is 4.24. The van der Waals surface area contributed by atoms with E-state index in [4.69, 9.17) is 0 Å². The van der Waals surface area contributed by atoms with Crippen LogP contribution in [0, 0.1) is 29.6 Å². The van der Waals surface area contributed by atoms with Gasteiger partial charge < -0.3 is 10.2 Å². The summed E-state index contributed by atoms with van der Waals surface area (Å²) >= 11 is 0. The Morgan fingerprint density at radius 2 is 1.65 bits per heavy atom. The Hall–Kier alpha value is -0.0800. The Morgan fingerprint density at radius 3 is 2.24 bits per heavy atom. The number of fused-ring (bicyclic) bond motifs is 1. The van der Waals surface area contributed by atoms with Crippen LogP contribution in [0.1, 0.15) is 52.9 Å². The molecule has 2 heteroatoms. The molecule has 0 saturated heterocycles. The Kier molecular flexibility index (Phi) is 4.14. The third kappa shape index (κ3) is 2.39. The van der Waals surface area contributed by atoms with Crippen molar-refractivity contribution < 1.29 is 10.2 Å². The summed E-state index contributed by atoms with van der Waals surface area (Å²) in [6.45, 7) is 6.55. The van der Waals surface area contributed by atoms with Gasteiger partial charge in [-0.15, -0.1) is 0 Å². The lowest BCUT2D eigenvalue weighted by Crippen LogP contribution is -2.51. The first-order valence-corrected chi connectivity index (χ1v) is 7.42. The van der Waals surface area contributed by atoms with Crippen molar-refractivity contribution in [1.29, 1.82) is 0 Å². The minimum absolute atomic E-state index is 0.148. The second-order valence-corrected chi connectivity index (χ2v) is 6.55. The topological polar surface area (TPSA) is 40.5 Å². The van der Waals surface area contributed by atoms with Crippen LogP contribution in [0.3, 0.4) is 0 Å². The number of aliphatic hydroxyl groups is 2. The molecule has 0 aromatic rings. The van der Waals surface area contributed by atoms with Crippen molar-refractivity contribution in [2.75, 3.05) is 0 Å². The fraction of sp³-hybridized carbons (Fsp3) is 1.00. The van der Waals surface area contributed by atoms with E-state index < -0.39 is 0 Å². The van der Waals surface area contributed by atoms with E-state index in [-0.39, 0.29) is 18.1 Å². The summed E-state index contributed by atoms with van der Waals surface area (Å²) in [5, 5.41) is 21.0. The summed E-state index contributed by atoms with van der Waals surface area (Å²) in [5.74, 6) is 2.05. The van der Waals surface area contributed by atoms with Crippen molar-refractivity contribution >= 4 is 0 Å². The van der Waals surface area contributed by atoms with Crippen molar-refractivity contribution in [3.8, 4) is 0 Å². The molecule has 4 unspecified atom stereocenters. The molecule has 2 aliphatic rings. The molecule has 0 radical (unpaired) electrons. The maximum absolute atomic E-state index is 10.6. The molecule has 0 bridgehead atoms. The molecule has 0 heterocycles. The monoisotopic (exact) mass is 240 g/mol. The van der Waals surface area contributed by atoms with Gasteiger partial charge in [0.2, 0.25) is 0 Å². The van der Waals surface area contributed by atoms with Crippen LogP contribution in [0.25, 0.3) is 0 Å². The highest BCUT2D eigenvalue weighted by Crippen LogP contribution is 2.47. The molecule has 0 aromatic carbocycles. The van der Waals surface area contributed by atoms with Crippen molar-refractivity contribution in [3.05, 3.63) is 0 Å². The van der Waals surface area contributed by atoms with Crippen molar-refractivity contribution in [1.82, 2.24) is 0 Å². The fourth-order valence-electron chi connectivity index (χ4n) is 4.24. The molecule has 0 amide bonds. The van der Waals surface area contributed by atoms with Gasteiger partial charge in [0.15, 0.2) is 0 Å².